The molecule has 124 valence electrons. The molecule has 7 heteroatoms. The Morgan fingerprint density at radius 3 is 1.38 bits per heavy atom. The van der Waals surface area contributed by atoms with E-state index in [-0.39, 0.29) is 23.3 Å². The van der Waals surface area contributed by atoms with E-state index in [0.29, 0.717) is 13.0 Å². The third-order valence-corrected chi connectivity index (χ3v) is 0.759. The van der Waals surface area contributed by atoms with Crippen LogP contribution in [0.25, 0.3) is 0 Å². The summed E-state index contributed by atoms with van der Waals surface area (Å²) < 4.78 is 4.64. The van der Waals surface area contributed by atoms with Crippen molar-refractivity contribution in [1.29, 1.82) is 0 Å². The largest absolute Gasteiger partial charge is 3.00 e. The van der Waals surface area contributed by atoms with Crippen LogP contribution in [0, 0.1) is 0 Å². The Morgan fingerprint density at radius 1 is 1.00 bits per heavy atom. The van der Waals surface area contributed by atoms with Crippen LogP contribution in [0.4, 0.5) is 0 Å². The molecule has 0 saturated heterocycles. The molecule has 21 heavy (non-hydrogen) atoms. The number of carbonyl (C=O) groups excluding carboxylic acids is 2. The van der Waals surface area contributed by atoms with Crippen LogP contribution in [-0.4, -0.2) is 48.1 Å². The number of carboxylic acids is 1. The molecule has 0 amide bonds. The van der Waals surface area contributed by atoms with Crippen molar-refractivity contribution in [3.63, 3.8) is 0 Å². The maximum absolute atomic E-state index is 10.4. The SMILES string of the molecule is CC(=O)[O-].CC(C)[O-].CC(C)[O-].CCCC(=O)OCC.[Al+3]. The molecule has 0 bridgehead atoms. The fraction of sp³-hybridized carbons (Fsp3) is 0.857. The predicted molar refractivity (Wildman–Crippen MR) is 78.2 cm³/mol. The maximum atomic E-state index is 10.4. The van der Waals surface area contributed by atoms with Crippen molar-refractivity contribution in [2.24, 2.45) is 0 Å². The molecular weight excluding hydrogens is 291 g/mol. The Morgan fingerprint density at radius 2 is 1.24 bits per heavy atom. The fourth-order valence-corrected chi connectivity index (χ4v) is 0.437. The first kappa shape index (κ1) is 32.4. The minimum atomic E-state index is -1.08. The second-order valence-electron chi connectivity index (χ2n) is 4.14. The molecule has 0 spiro atoms. The molecule has 0 aliphatic rings. The summed E-state index contributed by atoms with van der Waals surface area (Å²) in [5.74, 6) is -1.17. The zero-order chi connectivity index (χ0) is 17.1. The quantitative estimate of drug-likeness (QED) is 0.499. The number of hydrogen-bond acceptors (Lipinski definition) is 6. The van der Waals surface area contributed by atoms with E-state index in [9.17, 15) is 15.0 Å². The summed E-state index contributed by atoms with van der Waals surface area (Å²) in [4.78, 5) is 19.3. The summed E-state index contributed by atoms with van der Waals surface area (Å²) in [6.07, 6.45) is 0.590. The monoisotopic (exact) mass is 320 g/mol. The zero-order valence-corrected chi connectivity index (χ0v) is 15.5. The Hall–Kier alpha value is -0.608. The number of carbonyl (C=O) groups is 2. The van der Waals surface area contributed by atoms with Crippen LogP contribution in [0.1, 0.15) is 61.3 Å². The van der Waals surface area contributed by atoms with E-state index in [2.05, 4.69) is 4.74 Å². The summed E-state index contributed by atoms with van der Waals surface area (Å²) in [5, 5.41) is 27.9. The molecule has 0 saturated carbocycles. The summed E-state index contributed by atoms with van der Waals surface area (Å²) in [6.45, 7) is 11.7. The molecule has 0 N–H and O–H groups in total. The van der Waals surface area contributed by atoms with Crippen molar-refractivity contribution in [2.45, 2.75) is 73.5 Å². The van der Waals surface area contributed by atoms with Gasteiger partial charge in [0.2, 0.25) is 0 Å². The molecular formula is C14H29AlO6. The van der Waals surface area contributed by atoms with E-state index < -0.39 is 18.2 Å². The van der Waals surface area contributed by atoms with Crippen LogP contribution < -0.4 is 15.3 Å². The molecule has 0 fully saturated rings. The first-order valence-electron chi connectivity index (χ1n) is 6.65. The van der Waals surface area contributed by atoms with Gasteiger partial charge in [-0.1, -0.05) is 34.6 Å². The maximum Gasteiger partial charge on any atom is 3.00 e. The molecule has 0 aromatic rings. The van der Waals surface area contributed by atoms with Gasteiger partial charge in [-0.05, 0) is 20.3 Å². The van der Waals surface area contributed by atoms with Crippen molar-refractivity contribution < 1.29 is 29.6 Å². The molecule has 0 aromatic heterocycles. The van der Waals surface area contributed by atoms with Gasteiger partial charge in [0.25, 0.3) is 0 Å². The van der Waals surface area contributed by atoms with E-state index in [1.54, 1.807) is 27.7 Å². The van der Waals surface area contributed by atoms with Gasteiger partial charge in [0.15, 0.2) is 0 Å². The van der Waals surface area contributed by atoms with Crippen molar-refractivity contribution in [2.75, 3.05) is 6.61 Å². The molecule has 0 aliphatic carbocycles. The smallest absolute Gasteiger partial charge is 0.852 e. The number of carboxylic acid groups (broad SMARTS) is 1. The van der Waals surface area contributed by atoms with Gasteiger partial charge in [0.05, 0.1) is 6.61 Å². The second-order valence-corrected chi connectivity index (χ2v) is 4.14. The zero-order valence-electron chi connectivity index (χ0n) is 14.3. The summed E-state index contributed by atoms with van der Waals surface area (Å²) in [6, 6.07) is 0. The van der Waals surface area contributed by atoms with Crippen LogP contribution in [-0.2, 0) is 14.3 Å². The van der Waals surface area contributed by atoms with E-state index in [0.717, 1.165) is 13.3 Å². The third kappa shape index (κ3) is 202. The Labute approximate surface area is 139 Å². The van der Waals surface area contributed by atoms with Gasteiger partial charge in [-0.25, -0.2) is 0 Å². The first-order chi connectivity index (χ1) is 9.00. The van der Waals surface area contributed by atoms with E-state index in [1.165, 1.54) is 0 Å². The Bertz CT molecular complexity index is 184. The molecule has 0 unspecified atom stereocenters. The van der Waals surface area contributed by atoms with Gasteiger partial charge >= 0.3 is 23.3 Å². The third-order valence-electron chi connectivity index (χ3n) is 0.759. The van der Waals surface area contributed by atoms with Crippen LogP contribution in [0.2, 0.25) is 0 Å². The fourth-order valence-electron chi connectivity index (χ4n) is 0.437. The summed E-state index contributed by atoms with van der Waals surface area (Å²) in [7, 11) is 0. The summed E-state index contributed by atoms with van der Waals surface area (Å²) >= 11 is 0. The average Bonchev–Trinajstić information content (AvgIpc) is 2.15. The van der Waals surface area contributed by atoms with Crippen LogP contribution in [0.15, 0.2) is 0 Å². The van der Waals surface area contributed by atoms with E-state index in [1.807, 2.05) is 13.8 Å². The van der Waals surface area contributed by atoms with Crippen LogP contribution in [0.5, 0.6) is 0 Å². The number of ether oxygens (including phenoxy) is 1. The molecule has 6 nitrogen and oxygen atoms in total. The van der Waals surface area contributed by atoms with Crippen molar-refractivity contribution >= 4 is 29.3 Å². The topological polar surface area (TPSA) is 113 Å². The van der Waals surface area contributed by atoms with E-state index in [4.69, 9.17) is 9.90 Å². The molecule has 0 atom stereocenters. The van der Waals surface area contributed by atoms with Crippen molar-refractivity contribution in [3.8, 4) is 0 Å². The van der Waals surface area contributed by atoms with Gasteiger partial charge in [-0.2, -0.15) is 0 Å². The van der Waals surface area contributed by atoms with Gasteiger partial charge in [0.1, 0.15) is 0 Å². The number of esters is 1. The first-order valence-corrected chi connectivity index (χ1v) is 6.65. The van der Waals surface area contributed by atoms with Crippen LogP contribution in [0.3, 0.4) is 0 Å². The minimum absolute atomic E-state index is 0. The van der Waals surface area contributed by atoms with Gasteiger partial charge in [0, 0.05) is 12.4 Å². The van der Waals surface area contributed by atoms with Gasteiger partial charge in [-0.3, -0.25) is 4.79 Å². The molecule has 0 heterocycles. The minimum Gasteiger partial charge on any atom is -0.852 e. The Balaban J connectivity index is -0.0000000570. The average molecular weight is 320 g/mol. The molecule has 0 aromatic carbocycles. The molecule has 0 radical (unpaired) electrons. The van der Waals surface area contributed by atoms with Crippen LogP contribution >= 0.6 is 0 Å². The second kappa shape index (κ2) is 27.7. The Kier molecular flexibility index (Phi) is 42.7. The summed E-state index contributed by atoms with van der Waals surface area (Å²) in [5.41, 5.74) is 0. The molecule has 0 rings (SSSR count). The van der Waals surface area contributed by atoms with Gasteiger partial charge < -0.3 is 24.9 Å². The standard InChI is InChI=1S/C6H12O2.2C3H7O.C2H4O2.Al/c1-3-5-6(7)8-4-2;2*1-3(2)4;1-2(3)4;/h3-5H2,1-2H3;2*3H,1-2H3;1H3,(H,3,4);/q;2*-1;;+3/p-1. The molecule has 0 aliphatic heterocycles. The van der Waals surface area contributed by atoms with Crippen molar-refractivity contribution in [1.82, 2.24) is 0 Å². The van der Waals surface area contributed by atoms with E-state index >= 15 is 0 Å². The number of rotatable bonds is 3. The number of hydrogen-bond donors (Lipinski definition) is 0. The van der Waals surface area contributed by atoms with Crippen molar-refractivity contribution in [3.05, 3.63) is 0 Å². The van der Waals surface area contributed by atoms with Gasteiger partial charge in [-0.15, -0.1) is 12.2 Å². The number of aliphatic carboxylic acids is 1. The predicted octanol–water partition coefficient (Wildman–Crippen LogP) is -0.765. The normalized spacial score (nSPS) is 7.95.